The summed E-state index contributed by atoms with van der Waals surface area (Å²) >= 11 is 0. The van der Waals surface area contributed by atoms with Crippen molar-refractivity contribution in [3.8, 4) is 0 Å². The number of carbonyl (C=O) groups excluding carboxylic acids is 3. The van der Waals surface area contributed by atoms with Gasteiger partial charge in [-0.1, -0.05) is 25.0 Å². The molecule has 2 aliphatic rings. The van der Waals surface area contributed by atoms with Crippen molar-refractivity contribution in [2.45, 2.75) is 50.6 Å². The highest BCUT2D eigenvalue weighted by Gasteiger charge is 2.27. The average Bonchev–Trinajstić information content (AvgIpc) is 3.21. The number of nitrogens with one attached hydrogen (secondary N) is 3. The summed E-state index contributed by atoms with van der Waals surface area (Å²) in [6.45, 7) is 0. The molecule has 1 aromatic rings. The van der Waals surface area contributed by atoms with E-state index in [-0.39, 0.29) is 18.0 Å². The van der Waals surface area contributed by atoms with Crippen molar-refractivity contribution >= 4 is 23.4 Å². The highest BCUT2D eigenvalue weighted by atomic mass is 16.2. The standard InChI is InChI=1S/C17H21N3O3/c21-15(18-11-5-1-2-6-11)13-7-3-4-8-14(13)20-17(23)16(22)19-12-9-10-12/h3-4,7-8,11-12H,1-2,5-6,9-10H2,(H,18,21)(H,19,22)(H,20,23). The molecule has 122 valence electrons. The van der Waals surface area contributed by atoms with Gasteiger partial charge in [-0.25, -0.2) is 0 Å². The van der Waals surface area contributed by atoms with Crippen molar-refractivity contribution in [2.24, 2.45) is 0 Å². The van der Waals surface area contributed by atoms with Crippen LogP contribution in [0.4, 0.5) is 5.69 Å². The van der Waals surface area contributed by atoms with Crippen LogP contribution in [0.5, 0.6) is 0 Å². The van der Waals surface area contributed by atoms with E-state index in [9.17, 15) is 14.4 Å². The second kappa shape index (κ2) is 6.81. The normalized spacial score (nSPS) is 17.6. The van der Waals surface area contributed by atoms with E-state index in [1.54, 1.807) is 24.3 Å². The molecule has 2 saturated carbocycles. The van der Waals surface area contributed by atoms with Gasteiger partial charge in [0, 0.05) is 12.1 Å². The first-order chi connectivity index (χ1) is 11.1. The highest BCUT2D eigenvalue weighted by molar-refractivity contribution is 6.40. The highest BCUT2D eigenvalue weighted by Crippen LogP contribution is 2.21. The first-order valence-electron chi connectivity index (χ1n) is 8.15. The molecule has 6 nitrogen and oxygen atoms in total. The van der Waals surface area contributed by atoms with E-state index in [4.69, 9.17) is 0 Å². The van der Waals surface area contributed by atoms with Crippen LogP contribution >= 0.6 is 0 Å². The molecule has 0 aliphatic heterocycles. The van der Waals surface area contributed by atoms with E-state index in [2.05, 4.69) is 16.0 Å². The molecule has 0 saturated heterocycles. The Morgan fingerprint density at radius 2 is 1.48 bits per heavy atom. The number of para-hydroxylation sites is 1. The Hall–Kier alpha value is -2.37. The van der Waals surface area contributed by atoms with Crippen LogP contribution in [0, 0.1) is 0 Å². The van der Waals surface area contributed by atoms with Crippen molar-refractivity contribution in [1.82, 2.24) is 10.6 Å². The van der Waals surface area contributed by atoms with Gasteiger partial charge in [0.25, 0.3) is 5.91 Å². The van der Waals surface area contributed by atoms with Crippen LogP contribution in [0.3, 0.4) is 0 Å². The quantitative estimate of drug-likeness (QED) is 0.737. The van der Waals surface area contributed by atoms with E-state index in [0.29, 0.717) is 11.3 Å². The summed E-state index contributed by atoms with van der Waals surface area (Å²) in [4.78, 5) is 36.1. The lowest BCUT2D eigenvalue weighted by Gasteiger charge is -2.14. The van der Waals surface area contributed by atoms with E-state index in [1.165, 1.54) is 0 Å². The third-order valence-corrected chi connectivity index (χ3v) is 4.23. The Morgan fingerprint density at radius 1 is 0.826 bits per heavy atom. The van der Waals surface area contributed by atoms with Gasteiger partial charge in [-0.2, -0.15) is 0 Å². The fourth-order valence-corrected chi connectivity index (χ4v) is 2.78. The topological polar surface area (TPSA) is 87.3 Å². The minimum absolute atomic E-state index is 0.120. The summed E-state index contributed by atoms with van der Waals surface area (Å²) < 4.78 is 0. The molecular formula is C17H21N3O3. The Bertz CT molecular complexity index is 619. The van der Waals surface area contributed by atoms with Gasteiger partial charge in [0.15, 0.2) is 0 Å². The van der Waals surface area contributed by atoms with Crippen molar-refractivity contribution < 1.29 is 14.4 Å². The molecule has 0 heterocycles. The molecule has 0 spiro atoms. The second-order valence-electron chi connectivity index (χ2n) is 6.20. The Labute approximate surface area is 135 Å². The van der Waals surface area contributed by atoms with E-state index in [1.807, 2.05) is 0 Å². The summed E-state index contributed by atoms with van der Waals surface area (Å²) in [6.07, 6.45) is 6.07. The molecular weight excluding hydrogens is 294 g/mol. The molecule has 0 unspecified atom stereocenters. The number of hydrogen-bond acceptors (Lipinski definition) is 3. The maximum absolute atomic E-state index is 12.4. The third kappa shape index (κ3) is 4.09. The lowest BCUT2D eigenvalue weighted by molar-refractivity contribution is -0.136. The number of rotatable bonds is 4. The fraction of sp³-hybridized carbons (Fsp3) is 0.471. The van der Waals surface area contributed by atoms with Crippen LogP contribution in [0.25, 0.3) is 0 Å². The van der Waals surface area contributed by atoms with Gasteiger partial charge in [0.1, 0.15) is 0 Å². The van der Waals surface area contributed by atoms with Crippen LogP contribution < -0.4 is 16.0 Å². The van der Waals surface area contributed by atoms with Gasteiger partial charge in [-0.15, -0.1) is 0 Å². The van der Waals surface area contributed by atoms with Gasteiger partial charge < -0.3 is 16.0 Å². The summed E-state index contributed by atoms with van der Waals surface area (Å²) in [5.74, 6) is -1.60. The summed E-state index contributed by atoms with van der Waals surface area (Å²) in [6, 6.07) is 7.06. The predicted octanol–water partition coefficient (Wildman–Crippen LogP) is 1.58. The molecule has 2 aliphatic carbocycles. The van der Waals surface area contributed by atoms with Crippen LogP contribution in [-0.2, 0) is 9.59 Å². The number of hydrogen-bond donors (Lipinski definition) is 3. The summed E-state index contributed by atoms with van der Waals surface area (Å²) in [7, 11) is 0. The maximum Gasteiger partial charge on any atom is 0.313 e. The second-order valence-corrected chi connectivity index (χ2v) is 6.20. The number of benzene rings is 1. The smallest absolute Gasteiger partial charge is 0.313 e. The first kappa shape index (κ1) is 15.5. The lowest BCUT2D eigenvalue weighted by atomic mass is 10.1. The largest absolute Gasteiger partial charge is 0.349 e. The number of carbonyl (C=O) groups is 3. The zero-order valence-electron chi connectivity index (χ0n) is 12.9. The third-order valence-electron chi connectivity index (χ3n) is 4.23. The Balaban J connectivity index is 1.65. The van der Waals surface area contributed by atoms with Gasteiger partial charge in [0.2, 0.25) is 0 Å². The van der Waals surface area contributed by atoms with Gasteiger partial charge in [-0.05, 0) is 37.8 Å². The molecule has 1 aromatic carbocycles. The van der Waals surface area contributed by atoms with E-state index < -0.39 is 11.8 Å². The van der Waals surface area contributed by atoms with Gasteiger partial charge in [-0.3, -0.25) is 14.4 Å². The molecule has 3 amide bonds. The molecule has 0 bridgehead atoms. The fourth-order valence-electron chi connectivity index (χ4n) is 2.78. The number of anilines is 1. The van der Waals surface area contributed by atoms with Crippen LogP contribution in [0.2, 0.25) is 0 Å². The minimum Gasteiger partial charge on any atom is -0.349 e. The molecule has 0 radical (unpaired) electrons. The molecule has 2 fully saturated rings. The number of amides is 3. The minimum atomic E-state index is -0.738. The maximum atomic E-state index is 12.4. The van der Waals surface area contributed by atoms with Crippen molar-refractivity contribution in [3.63, 3.8) is 0 Å². The molecule has 3 N–H and O–H groups in total. The van der Waals surface area contributed by atoms with E-state index in [0.717, 1.165) is 38.5 Å². The van der Waals surface area contributed by atoms with Crippen molar-refractivity contribution in [2.75, 3.05) is 5.32 Å². The molecule has 3 rings (SSSR count). The van der Waals surface area contributed by atoms with Crippen LogP contribution in [0.15, 0.2) is 24.3 Å². The molecule has 6 heteroatoms. The average molecular weight is 315 g/mol. The molecule has 0 aromatic heterocycles. The summed E-state index contributed by atoms with van der Waals surface area (Å²) in [5.41, 5.74) is 0.742. The van der Waals surface area contributed by atoms with Crippen molar-refractivity contribution in [1.29, 1.82) is 0 Å². The van der Waals surface area contributed by atoms with Crippen LogP contribution in [-0.4, -0.2) is 29.8 Å². The molecule has 23 heavy (non-hydrogen) atoms. The SMILES string of the molecule is O=C(Nc1ccccc1C(=O)NC1CCCC1)C(=O)NC1CC1. The predicted molar refractivity (Wildman–Crippen MR) is 86.0 cm³/mol. The van der Waals surface area contributed by atoms with Gasteiger partial charge in [0.05, 0.1) is 11.3 Å². The zero-order chi connectivity index (χ0) is 16.2. The van der Waals surface area contributed by atoms with Gasteiger partial charge >= 0.3 is 11.8 Å². The first-order valence-corrected chi connectivity index (χ1v) is 8.15. The lowest BCUT2D eigenvalue weighted by Crippen LogP contribution is -2.37. The Morgan fingerprint density at radius 3 is 2.17 bits per heavy atom. The van der Waals surface area contributed by atoms with Crippen molar-refractivity contribution in [3.05, 3.63) is 29.8 Å². The summed E-state index contributed by atoms with van der Waals surface area (Å²) in [5, 5.41) is 8.16. The molecule has 0 atom stereocenters. The van der Waals surface area contributed by atoms with Crippen LogP contribution in [0.1, 0.15) is 48.9 Å². The Kier molecular flexibility index (Phi) is 4.60. The monoisotopic (exact) mass is 315 g/mol. The van der Waals surface area contributed by atoms with E-state index >= 15 is 0 Å². The zero-order valence-corrected chi connectivity index (χ0v) is 12.9.